The van der Waals surface area contributed by atoms with Crippen LogP contribution in [-0.2, 0) is 20.1 Å². The third-order valence-electron chi connectivity index (χ3n) is 2.81. The van der Waals surface area contributed by atoms with Crippen LogP contribution >= 0.6 is 7.92 Å². The van der Waals surface area contributed by atoms with Gasteiger partial charge in [0, 0.05) is 0 Å². The second-order valence-electron chi connectivity index (χ2n) is 5.46. The van der Waals surface area contributed by atoms with Gasteiger partial charge in [-0.15, -0.1) is 7.92 Å². The number of rotatable bonds is 0. The predicted molar refractivity (Wildman–Crippen MR) is 103 cm³/mol. The Morgan fingerprint density at radius 1 is 0.571 bits per heavy atom. The maximum Gasteiger partial charge on any atom is 3.00 e. The summed E-state index contributed by atoms with van der Waals surface area (Å²) >= 11 is 0. The van der Waals surface area contributed by atoms with Crippen molar-refractivity contribution in [1.29, 1.82) is 0 Å². The van der Waals surface area contributed by atoms with Crippen LogP contribution < -0.4 is 0 Å². The van der Waals surface area contributed by atoms with Gasteiger partial charge in [-0.05, 0) is 49.6 Å². The van der Waals surface area contributed by atoms with Gasteiger partial charge in [-0.25, -0.2) is 0 Å². The van der Waals surface area contributed by atoms with Crippen LogP contribution in [0.15, 0.2) is 0 Å². The molecule has 0 N–H and O–H groups in total. The smallest absolute Gasteiger partial charge is 0.577 e. The molecule has 0 aromatic rings. The summed E-state index contributed by atoms with van der Waals surface area (Å²) in [6, 6.07) is 0. The van der Waals surface area contributed by atoms with E-state index in [1.165, 1.54) is 29.6 Å². The first-order valence-corrected chi connectivity index (χ1v) is 9.70. The molecular weight excluding hydrogens is 595 g/mol. The summed E-state index contributed by atoms with van der Waals surface area (Å²) in [6.07, 6.45) is 0. The Morgan fingerprint density at radius 3 is 0.643 bits per heavy atom. The average Bonchev–Trinajstić information content (AvgIpc) is 2.55. The number of nitroso groups, excluding NO2 is 1. The first kappa shape index (κ1) is 42.4. The van der Waals surface area contributed by atoms with Gasteiger partial charge >= 0.3 is 34.6 Å². The van der Waals surface area contributed by atoms with E-state index in [9.17, 15) is 34.5 Å². The average molecular weight is 622 g/mol. The quantitative estimate of drug-likeness (QED) is 0.118. The van der Waals surface area contributed by atoms with E-state index in [0.717, 1.165) is 0 Å². The fourth-order valence-electron chi connectivity index (χ4n) is 1.41. The molecule has 0 unspecified atom stereocenters. The molecule has 0 spiro atoms. The molecule has 5 radical (unpaired) electrons. The van der Waals surface area contributed by atoms with Crippen molar-refractivity contribution in [2.45, 2.75) is 34.6 Å². The minimum absolute atomic E-state index is 0. The summed E-state index contributed by atoms with van der Waals surface area (Å²) in [6.45, 7) is 17.7. The Labute approximate surface area is 179 Å². The number of halogens is 8. The summed E-state index contributed by atoms with van der Waals surface area (Å²) in [5.74, 6) is 7.34. The number of hydrogen-bond donors (Lipinski definition) is 0. The van der Waals surface area contributed by atoms with Crippen LogP contribution in [0.3, 0.4) is 0 Å². The molecule has 1 saturated carbocycles. The van der Waals surface area contributed by atoms with Gasteiger partial charge in [-0.1, -0.05) is 34.6 Å². The van der Waals surface area contributed by atoms with Crippen molar-refractivity contribution in [3.8, 4) is 0 Å². The molecule has 0 aromatic carbocycles. The summed E-state index contributed by atoms with van der Waals surface area (Å²) in [4.78, 5) is 7.25. The van der Waals surface area contributed by atoms with Gasteiger partial charge in [-0.2, -0.15) is 0 Å². The molecule has 0 aromatic heterocycles. The molecule has 14 heteroatoms. The molecule has 2 nitrogen and oxygen atoms in total. The van der Waals surface area contributed by atoms with Crippen molar-refractivity contribution in [3.63, 3.8) is 0 Å². The molecule has 0 heterocycles. The largest absolute Gasteiger partial charge is 3.00 e. The van der Waals surface area contributed by atoms with Crippen LogP contribution in [0.2, 0.25) is 0 Å². The van der Waals surface area contributed by atoms with Crippen molar-refractivity contribution < 1.29 is 54.6 Å². The van der Waals surface area contributed by atoms with E-state index >= 15 is 0 Å². The molecule has 1 aliphatic rings. The molecule has 0 amide bonds. The maximum absolute atomic E-state index is 9.75. The van der Waals surface area contributed by atoms with Crippen LogP contribution in [0.4, 0.5) is 34.5 Å². The Bertz CT molecular complexity index is 270. The van der Waals surface area contributed by atoms with Crippen LogP contribution in [0.1, 0.15) is 34.6 Å². The molecule has 1 aliphatic carbocycles. The summed E-state index contributed by atoms with van der Waals surface area (Å²) in [5, 5.41) is 0. The van der Waals surface area contributed by atoms with Crippen molar-refractivity contribution in [2.24, 2.45) is 0 Å². The van der Waals surface area contributed by atoms with E-state index in [2.05, 4.69) is 54.6 Å². The number of nitrogens with zero attached hydrogens (tertiary/aromatic N) is 1. The maximum atomic E-state index is 9.75. The zero-order valence-corrected chi connectivity index (χ0v) is 20.6. The predicted octanol–water partition coefficient (Wildman–Crippen LogP) is 7.70. The molecule has 0 atom stereocenters. The van der Waals surface area contributed by atoms with Gasteiger partial charge in [0.15, 0.2) is 0 Å². The Balaban J connectivity index is -0.0000000587. The summed E-state index contributed by atoms with van der Waals surface area (Å²) in [7, 11) is -11.6. The SMILES string of the molecule is CP(C)C.C[C]1[C](C)[C](C)[C](C)[C]1C.F[B-](F)(F)F.F[B-](F)(F)F.[CH3-].[Ir+3].[N-]=O. The zero-order chi connectivity index (χ0) is 22.5. The van der Waals surface area contributed by atoms with Crippen LogP contribution in [0.5, 0.6) is 0 Å². The van der Waals surface area contributed by atoms with E-state index in [1.54, 1.807) is 0 Å². The summed E-state index contributed by atoms with van der Waals surface area (Å²) in [5.41, 5.74) is 5.75. The third-order valence-corrected chi connectivity index (χ3v) is 2.81. The monoisotopic (exact) mass is 623 g/mol. The molecule has 0 aliphatic heterocycles. The van der Waals surface area contributed by atoms with E-state index in [-0.39, 0.29) is 27.5 Å². The van der Waals surface area contributed by atoms with E-state index in [1.807, 2.05) is 0 Å². The van der Waals surface area contributed by atoms with Gasteiger partial charge in [-0.3, -0.25) is 0 Å². The molecule has 28 heavy (non-hydrogen) atoms. The van der Waals surface area contributed by atoms with E-state index in [0.29, 0.717) is 7.92 Å². The van der Waals surface area contributed by atoms with Crippen molar-refractivity contribution in [1.82, 2.24) is 0 Å². The molecular formula is C14H27B2F8IrNOP-. The summed E-state index contributed by atoms with van der Waals surface area (Å²) < 4.78 is 78.0. The molecule has 0 bridgehead atoms. The number of hydrogen-bond acceptors (Lipinski definition) is 1. The van der Waals surface area contributed by atoms with E-state index < -0.39 is 14.5 Å². The van der Waals surface area contributed by atoms with Gasteiger partial charge in [0.25, 0.3) is 0 Å². The van der Waals surface area contributed by atoms with Gasteiger partial charge in [0.05, 0.1) is 0 Å². The Kier molecular flexibility index (Phi) is 31.1. The van der Waals surface area contributed by atoms with Gasteiger partial charge < -0.3 is 52.5 Å². The Hall–Kier alpha value is 0.249. The molecule has 1 fully saturated rings. The van der Waals surface area contributed by atoms with Crippen molar-refractivity contribution in [2.75, 3.05) is 20.0 Å². The van der Waals surface area contributed by atoms with Crippen LogP contribution in [0, 0.1) is 41.9 Å². The molecule has 171 valence electrons. The van der Waals surface area contributed by atoms with Gasteiger partial charge in [0.1, 0.15) is 0 Å². The first-order valence-electron chi connectivity index (χ1n) is 7.02. The van der Waals surface area contributed by atoms with Gasteiger partial charge in [0.2, 0.25) is 0 Å². The minimum Gasteiger partial charge on any atom is -0.577 e. The minimum atomic E-state index is -6.00. The third kappa shape index (κ3) is 40.8. The second kappa shape index (κ2) is 20.5. The molecule has 0 saturated heterocycles. The Morgan fingerprint density at radius 2 is 0.607 bits per heavy atom. The normalized spacial score (nSPS) is 15.9. The zero-order valence-electron chi connectivity index (χ0n) is 17.3. The fraction of sp³-hybridized carbons (Fsp3) is 0.571. The first-order chi connectivity index (χ1) is 11.3. The van der Waals surface area contributed by atoms with Crippen LogP contribution in [-0.4, -0.2) is 34.5 Å². The molecule has 1 rings (SSSR count). The van der Waals surface area contributed by atoms with Crippen molar-refractivity contribution >= 4 is 22.4 Å². The van der Waals surface area contributed by atoms with E-state index in [4.69, 9.17) is 10.5 Å². The standard InChI is InChI=1S/C10H15.C3H9P.CH3.2BF4.Ir.NO/c1-6-7(2)9(4)10(5)8(6)3;1-4(2)3;;2*2-1(3,4)5;;1-2/h1-5H3;1-3H3;1H3;;;;/q;;3*-1;+3;-1. The van der Waals surface area contributed by atoms with Crippen LogP contribution in [0.25, 0.3) is 5.59 Å². The topological polar surface area (TPSA) is 39.4 Å². The fourth-order valence-corrected chi connectivity index (χ4v) is 1.41. The second-order valence-corrected chi connectivity index (χ2v) is 8.14. The van der Waals surface area contributed by atoms with Crippen molar-refractivity contribution in [3.05, 3.63) is 47.5 Å².